The van der Waals surface area contributed by atoms with Gasteiger partial charge >= 0.3 is 6.03 Å². The summed E-state index contributed by atoms with van der Waals surface area (Å²) in [4.78, 5) is 41.8. The van der Waals surface area contributed by atoms with Crippen molar-refractivity contribution in [1.82, 2.24) is 4.90 Å². The van der Waals surface area contributed by atoms with Gasteiger partial charge in [0.1, 0.15) is 17.6 Å². The van der Waals surface area contributed by atoms with Gasteiger partial charge in [-0.2, -0.15) is 0 Å². The molecular formula is C26H23ClFN3O4. The first-order chi connectivity index (χ1) is 16.9. The minimum atomic E-state index is -1.04. The number of hydrogen-bond donors (Lipinski definition) is 1. The molecule has 3 aromatic rings. The summed E-state index contributed by atoms with van der Waals surface area (Å²) < 4.78 is 18.8. The molecule has 4 amide bonds. The summed E-state index contributed by atoms with van der Waals surface area (Å²) in [5, 5.41) is 3.22. The van der Waals surface area contributed by atoms with Gasteiger partial charge in [0, 0.05) is 17.3 Å². The zero-order valence-corrected chi connectivity index (χ0v) is 19.7. The molecule has 3 aromatic carbocycles. The van der Waals surface area contributed by atoms with Gasteiger partial charge in [-0.3, -0.25) is 9.59 Å². The highest BCUT2D eigenvalue weighted by molar-refractivity contribution is 6.30. The molecule has 4 rings (SSSR count). The Balaban J connectivity index is 1.56. The highest BCUT2D eigenvalue weighted by atomic mass is 35.5. The molecule has 1 atom stereocenters. The van der Waals surface area contributed by atoms with Gasteiger partial charge in [-0.25, -0.2) is 14.1 Å². The van der Waals surface area contributed by atoms with Gasteiger partial charge < -0.3 is 15.0 Å². The van der Waals surface area contributed by atoms with E-state index in [-0.39, 0.29) is 13.0 Å². The molecular weight excluding hydrogens is 473 g/mol. The molecule has 0 bridgehead atoms. The van der Waals surface area contributed by atoms with Crippen molar-refractivity contribution in [3.05, 3.63) is 89.2 Å². The first-order valence-corrected chi connectivity index (χ1v) is 11.4. The van der Waals surface area contributed by atoms with E-state index < -0.39 is 29.7 Å². The van der Waals surface area contributed by atoms with E-state index in [2.05, 4.69) is 5.32 Å². The van der Waals surface area contributed by atoms with Crippen LogP contribution in [0.25, 0.3) is 0 Å². The summed E-state index contributed by atoms with van der Waals surface area (Å²) in [5.41, 5.74) is 1.51. The quantitative estimate of drug-likeness (QED) is 0.433. The average Bonchev–Trinajstić information content (AvgIpc) is 3.06. The molecule has 1 heterocycles. The number of imide groups is 1. The largest absolute Gasteiger partial charge is 0.494 e. The molecule has 1 saturated heterocycles. The van der Waals surface area contributed by atoms with E-state index in [1.807, 2.05) is 6.92 Å². The van der Waals surface area contributed by atoms with Crippen LogP contribution in [0.5, 0.6) is 5.75 Å². The number of carbonyl (C=O) groups is 3. The number of nitrogens with zero attached hydrogens (tertiary/aromatic N) is 2. The number of nitrogens with one attached hydrogen (secondary N) is 1. The Labute approximate surface area is 207 Å². The van der Waals surface area contributed by atoms with Crippen molar-refractivity contribution in [3.63, 3.8) is 0 Å². The second kappa shape index (κ2) is 10.6. The molecule has 1 fully saturated rings. The van der Waals surface area contributed by atoms with E-state index >= 15 is 0 Å². The van der Waals surface area contributed by atoms with Crippen molar-refractivity contribution in [3.8, 4) is 5.75 Å². The second-order valence-corrected chi connectivity index (χ2v) is 8.35. The summed E-state index contributed by atoms with van der Waals surface area (Å²) in [7, 11) is 0. The number of halogens is 2. The maximum Gasteiger partial charge on any atom is 0.332 e. The molecule has 1 aliphatic heterocycles. The summed E-state index contributed by atoms with van der Waals surface area (Å²) in [6.45, 7) is 2.44. The molecule has 7 nitrogen and oxygen atoms in total. The van der Waals surface area contributed by atoms with Crippen molar-refractivity contribution in [2.24, 2.45) is 0 Å². The van der Waals surface area contributed by atoms with Gasteiger partial charge in [0.05, 0.1) is 18.7 Å². The van der Waals surface area contributed by atoms with E-state index in [0.717, 1.165) is 4.90 Å². The van der Waals surface area contributed by atoms with Crippen molar-refractivity contribution >= 4 is 40.8 Å². The Hall–Kier alpha value is -3.91. The zero-order chi connectivity index (χ0) is 24.9. The van der Waals surface area contributed by atoms with Gasteiger partial charge in [-0.1, -0.05) is 23.7 Å². The van der Waals surface area contributed by atoms with Crippen LogP contribution in [0.3, 0.4) is 0 Å². The maximum absolute atomic E-state index is 13.4. The van der Waals surface area contributed by atoms with Gasteiger partial charge in [0.2, 0.25) is 5.91 Å². The molecule has 0 aliphatic carbocycles. The molecule has 0 radical (unpaired) electrons. The number of carbonyl (C=O) groups excluding carboxylic acids is 3. The Bertz CT molecular complexity index is 1220. The molecule has 1 N–H and O–H groups in total. The van der Waals surface area contributed by atoms with Crippen LogP contribution in [0.1, 0.15) is 18.9 Å². The lowest BCUT2D eigenvalue weighted by Gasteiger charge is -2.21. The predicted octanol–water partition coefficient (Wildman–Crippen LogP) is 5.24. The van der Waals surface area contributed by atoms with Crippen LogP contribution in [0, 0.1) is 5.82 Å². The number of anilines is 2. The number of benzene rings is 3. The molecule has 1 aliphatic rings. The lowest BCUT2D eigenvalue weighted by atomic mass is 10.1. The molecule has 0 saturated carbocycles. The Kier molecular flexibility index (Phi) is 7.31. The predicted molar refractivity (Wildman–Crippen MR) is 131 cm³/mol. The van der Waals surface area contributed by atoms with Crippen molar-refractivity contribution < 1.29 is 23.5 Å². The molecule has 0 spiro atoms. The van der Waals surface area contributed by atoms with Gasteiger partial charge in [0.25, 0.3) is 5.91 Å². The Morgan fingerprint density at radius 3 is 2.29 bits per heavy atom. The van der Waals surface area contributed by atoms with Crippen LogP contribution < -0.4 is 15.0 Å². The smallest absolute Gasteiger partial charge is 0.332 e. The van der Waals surface area contributed by atoms with Crippen LogP contribution in [0.2, 0.25) is 5.02 Å². The third-order valence-electron chi connectivity index (χ3n) is 5.50. The van der Waals surface area contributed by atoms with Crippen molar-refractivity contribution in [2.45, 2.75) is 25.9 Å². The fraction of sp³-hybridized carbons (Fsp3) is 0.192. The van der Waals surface area contributed by atoms with Gasteiger partial charge in [0.15, 0.2) is 0 Å². The summed E-state index contributed by atoms with van der Waals surface area (Å²) in [6.07, 6.45) is -0.247. The lowest BCUT2D eigenvalue weighted by Crippen LogP contribution is -2.37. The average molecular weight is 496 g/mol. The maximum atomic E-state index is 13.4. The van der Waals surface area contributed by atoms with E-state index in [1.165, 1.54) is 29.2 Å². The van der Waals surface area contributed by atoms with E-state index in [0.29, 0.717) is 34.3 Å². The van der Waals surface area contributed by atoms with Crippen LogP contribution in [-0.4, -0.2) is 35.4 Å². The third-order valence-corrected chi connectivity index (χ3v) is 5.75. The SMILES string of the molecule is CCOc1ccc(NC(=O)C[C@@H]2C(=O)N(c3ccc(Cl)cc3)C(=O)N2Cc2ccc(F)cc2)cc1. The third kappa shape index (κ3) is 5.60. The zero-order valence-electron chi connectivity index (χ0n) is 18.9. The van der Waals surface area contributed by atoms with Crippen LogP contribution in [0.15, 0.2) is 72.8 Å². The second-order valence-electron chi connectivity index (χ2n) is 7.91. The van der Waals surface area contributed by atoms with E-state index in [4.69, 9.17) is 16.3 Å². The fourth-order valence-corrected chi connectivity index (χ4v) is 3.94. The summed E-state index contributed by atoms with van der Waals surface area (Å²) in [6, 6.07) is 17.2. The lowest BCUT2D eigenvalue weighted by molar-refractivity contribution is -0.124. The monoisotopic (exact) mass is 495 g/mol. The van der Waals surface area contributed by atoms with Gasteiger partial charge in [-0.15, -0.1) is 0 Å². The summed E-state index contributed by atoms with van der Waals surface area (Å²) >= 11 is 5.95. The Morgan fingerprint density at radius 1 is 1.00 bits per heavy atom. The van der Waals surface area contributed by atoms with Crippen LogP contribution >= 0.6 is 11.6 Å². The van der Waals surface area contributed by atoms with Crippen LogP contribution in [-0.2, 0) is 16.1 Å². The normalized spacial score (nSPS) is 15.5. The molecule has 9 heteroatoms. The number of amides is 4. The number of ether oxygens (including phenoxy) is 1. The van der Waals surface area contributed by atoms with Crippen molar-refractivity contribution in [2.75, 3.05) is 16.8 Å². The highest BCUT2D eigenvalue weighted by Crippen LogP contribution is 2.29. The summed E-state index contributed by atoms with van der Waals surface area (Å²) in [5.74, 6) is -0.693. The fourth-order valence-electron chi connectivity index (χ4n) is 3.82. The molecule has 35 heavy (non-hydrogen) atoms. The minimum absolute atomic E-state index is 0.0376. The topological polar surface area (TPSA) is 79.0 Å². The standard InChI is InChI=1S/C26H23ClFN3O4/c1-2-35-22-13-9-20(10-14-22)29-24(32)15-23-25(33)31(21-11-5-18(27)6-12-21)26(34)30(23)16-17-3-7-19(28)8-4-17/h3-14,23H,2,15-16H2,1H3,(H,29,32)/t23-/m1/s1. The molecule has 0 aromatic heterocycles. The number of hydrogen-bond acceptors (Lipinski definition) is 4. The number of urea groups is 1. The van der Waals surface area contributed by atoms with Crippen LogP contribution in [0.4, 0.5) is 20.6 Å². The minimum Gasteiger partial charge on any atom is -0.494 e. The Morgan fingerprint density at radius 2 is 1.66 bits per heavy atom. The highest BCUT2D eigenvalue weighted by Gasteiger charge is 2.46. The van der Waals surface area contributed by atoms with E-state index in [1.54, 1.807) is 48.5 Å². The molecule has 0 unspecified atom stereocenters. The van der Waals surface area contributed by atoms with Crippen molar-refractivity contribution in [1.29, 1.82) is 0 Å². The van der Waals surface area contributed by atoms with E-state index in [9.17, 15) is 18.8 Å². The first-order valence-electron chi connectivity index (χ1n) is 11.0. The first kappa shape index (κ1) is 24.2. The van der Waals surface area contributed by atoms with Gasteiger partial charge in [-0.05, 0) is 73.2 Å². The molecule has 180 valence electrons. The number of rotatable bonds is 8.